The van der Waals surface area contributed by atoms with E-state index in [2.05, 4.69) is 11.9 Å². The van der Waals surface area contributed by atoms with Crippen molar-refractivity contribution < 1.29 is 9.47 Å². The first kappa shape index (κ1) is 10.5. The van der Waals surface area contributed by atoms with Crippen molar-refractivity contribution >= 4 is 10.9 Å². The van der Waals surface area contributed by atoms with Crippen LogP contribution in [0.1, 0.15) is 12.6 Å². The molecular formula is C14H15NO2. The number of epoxide rings is 1. The summed E-state index contributed by atoms with van der Waals surface area (Å²) < 4.78 is 11.1. The highest BCUT2D eigenvalue weighted by atomic mass is 16.6. The van der Waals surface area contributed by atoms with E-state index >= 15 is 0 Å². The third-order valence-corrected chi connectivity index (χ3v) is 3.11. The molecule has 0 radical (unpaired) electrons. The number of aromatic nitrogens is 1. The molecule has 1 aliphatic heterocycles. The molecule has 3 nitrogen and oxygen atoms in total. The van der Waals surface area contributed by atoms with Gasteiger partial charge in [-0.25, -0.2) is 4.98 Å². The van der Waals surface area contributed by atoms with Crippen LogP contribution in [-0.4, -0.2) is 23.8 Å². The molecule has 2 aromatic rings. The number of ether oxygens (including phenoxy) is 2. The predicted molar refractivity (Wildman–Crippen MR) is 66.3 cm³/mol. The highest BCUT2D eigenvalue weighted by Gasteiger charge is 2.34. The first-order valence-corrected chi connectivity index (χ1v) is 5.89. The van der Waals surface area contributed by atoms with E-state index < -0.39 is 0 Å². The lowest BCUT2D eigenvalue weighted by molar-refractivity contribution is 0.259. The molecule has 88 valence electrons. The van der Waals surface area contributed by atoms with E-state index in [0.29, 0.717) is 12.7 Å². The maximum absolute atomic E-state index is 5.75. The number of hydrogen-bond donors (Lipinski definition) is 0. The number of benzene rings is 1. The van der Waals surface area contributed by atoms with Crippen LogP contribution in [0.25, 0.3) is 10.9 Å². The Hall–Kier alpha value is -1.61. The molecule has 2 atom stereocenters. The van der Waals surface area contributed by atoms with E-state index in [1.807, 2.05) is 37.3 Å². The summed E-state index contributed by atoms with van der Waals surface area (Å²) in [4.78, 5) is 4.53. The van der Waals surface area contributed by atoms with E-state index in [1.54, 1.807) is 0 Å². The fourth-order valence-electron chi connectivity index (χ4n) is 1.92. The Bertz CT molecular complexity index is 553. The normalized spacial score (nSPS) is 22.7. The molecule has 1 aliphatic rings. The average Bonchev–Trinajstić information content (AvgIpc) is 3.03. The second kappa shape index (κ2) is 4.00. The summed E-state index contributed by atoms with van der Waals surface area (Å²) in [6.45, 7) is 4.64. The third-order valence-electron chi connectivity index (χ3n) is 3.11. The Morgan fingerprint density at radius 3 is 2.88 bits per heavy atom. The van der Waals surface area contributed by atoms with Crippen LogP contribution >= 0.6 is 0 Å². The maximum Gasteiger partial charge on any atom is 0.141 e. The van der Waals surface area contributed by atoms with Gasteiger partial charge in [-0.15, -0.1) is 0 Å². The molecule has 2 heterocycles. The van der Waals surface area contributed by atoms with Crippen LogP contribution in [0, 0.1) is 6.92 Å². The Balaban J connectivity index is 1.85. The van der Waals surface area contributed by atoms with Crippen LogP contribution in [0.4, 0.5) is 0 Å². The summed E-state index contributed by atoms with van der Waals surface area (Å²) in [7, 11) is 0. The lowest BCUT2D eigenvalue weighted by Crippen LogP contribution is -2.07. The zero-order chi connectivity index (χ0) is 11.8. The molecule has 0 aliphatic carbocycles. The molecule has 1 fully saturated rings. The van der Waals surface area contributed by atoms with E-state index in [9.17, 15) is 0 Å². The summed E-state index contributed by atoms with van der Waals surface area (Å²) >= 11 is 0. The standard InChI is InChI=1S/C14H15NO2/c1-9-13(16-8-14-10(2)17-14)7-11-5-3-4-6-12(11)15-9/h3-7,10,14H,8H2,1-2H3. The zero-order valence-electron chi connectivity index (χ0n) is 10.0. The molecule has 2 unspecified atom stereocenters. The zero-order valence-corrected chi connectivity index (χ0v) is 10.0. The van der Waals surface area contributed by atoms with Gasteiger partial charge in [0.05, 0.1) is 17.3 Å². The minimum Gasteiger partial charge on any atom is -0.489 e. The van der Waals surface area contributed by atoms with Crippen LogP contribution in [0.3, 0.4) is 0 Å². The first-order chi connectivity index (χ1) is 8.24. The molecule has 17 heavy (non-hydrogen) atoms. The van der Waals surface area contributed by atoms with E-state index in [1.165, 1.54) is 0 Å². The monoisotopic (exact) mass is 229 g/mol. The number of aryl methyl sites for hydroxylation is 1. The second-order valence-corrected chi connectivity index (χ2v) is 4.46. The molecule has 1 aromatic carbocycles. The third kappa shape index (κ3) is 2.11. The summed E-state index contributed by atoms with van der Waals surface area (Å²) in [6.07, 6.45) is 0.588. The molecule has 3 rings (SSSR count). The summed E-state index contributed by atoms with van der Waals surface area (Å²) in [5.41, 5.74) is 1.94. The molecule has 0 spiro atoms. The highest BCUT2D eigenvalue weighted by molar-refractivity contribution is 5.80. The molecule has 0 amide bonds. The minimum absolute atomic E-state index is 0.251. The number of rotatable bonds is 3. The van der Waals surface area contributed by atoms with Crippen LogP contribution in [0.5, 0.6) is 5.75 Å². The number of fused-ring (bicyclic) bond motifs is 1. The van der Waals surface area contributed by atoms with Crippen molar-refractivity contribution in [2.45, 2.75) is 26.1 Å². The van der Waals surface area contributed by atoms with E-state index in [-0.39, 0.29) is 6.10 Å². The fraction of sp³-hybridized carbons (Fsp3) is 0.357. The van der Waals surface area contributed by atoms with Gasteiger partial charge in [0.25, 0.3) is 0 Å². The van der Waals surface area contributed by atoms with Gasteiger partial charge < -0.3 is 9.47 Å². The molecule has 0 N–H and O–H groups in total. The number of pyridine rings is 1. The van der Waals surface area contributed by atoms with E-state index in [0.717, 1.165) is 22.3 Å². The number of hydrogen-bond acceptors (Lipinski definition) is 3. The lowest BCUT2D eigenvalue weighted by atomic mass is 10.2. The van der Waals surface area contributed by atoms with Gasteiger partial charge in [0.1, 0.15) is 18.5 Å². The quantitative estimate of drug-likeness (QED) is 0.759. The predicted octanol–water partition coefficient (Wildman–Crippen LogP) is 2.71. The fourth-order valence-corrected chi connectivity index (χ4v) is 1.92. The lowest BCUT2D eigenvalue weighted by Gasteiger charge is -2.08. The number of nitrogens with zero attached hydrogens (tertiary/aromatic N) is 1. The Morgan fingerprint density at radius 1 is 1.35 bits per heavy atom. The Morgan fingerprint density at radius 2 is 2.12 bits per heavy atom. The largest absolute Gasteiger partial charge is 0.489 e. The van der Waals surface area contributed by atoms with Gasteiger partial charge >= 0.3 is 0 Å². The van der Waals surface area contributed by atoms with Crippen LogP contribution in [0.2, 0.25) is 0 Å². The molecule has 0 saturated carbocycles. The van der Waals surface area contributed by atoms with Crippen molar-refractivity contribution in [3.05, 3.63) is 36.0 Å². The smallest absolute Gasteiger partial charge is 0.141 e. The van der Waals surface area contributed by atoms with Gasteiger partial charge in [-0.05, 0) is 26.0 Å². The van der Waals surface area contributed by atoms with Crippen LogP contribution in [-0.2, 0) is 4.74 Å². The van der Waals surface area contributed by atoms with Gasteiger partial charge in [-0.2, -0.15) is 0 Å². The second-order valence-electron chi connectivity index (χ2n) is 4.46. The van der Waals surface area contributed by atoms with Gasteiger partial charge in [-0.3, -0.25) is 0 Å². The van der Waals surface area contributed by atoms with Crippen molar-refractivity contribution in [1.82, 2.24) is 4.98 Å². The molecule has 1 saturated heterocycles. The summed E-state index contributed by atoms with van der Waals surface area (Å²) in [5, 5.41) is 1.11. The molecule has 0 bridgehead atoms. The first-order valence-electron chi connectivity index (χ1n) is 5.89. The Kier molecular flexibility index (Phi) is 2.48. The SMILES string of the molecule is Cc1nc2ccccc2cc1OCC1OC1C. The average molecular weight is 229 g/mol. The molecular weight excluding hydrogens is 214 g/mol. The van der Waals surface area contributed by atoms with Crippen molar-refractivity contribution in [2.24, 2.45) is 0 Å². The van der Waals surface area contributed by atoms with Crippen molar-refractivity contribution in [1.29, 1.82) is 0 Å². The summed E-state index contributed by atoms with van der Waals surface area (Å²) in [6, 6.07) is 10.1. The Labute approximate surface area is 100 Å². The van der Waals surface area contributed by atoms with Crippen LogP contribution < -0.4 is 4.74 Å². The molecule has 1 aromatic heterocycles. The van der Waals surface area contributed by atoms with Gasteiger partial charge in [0.2, 0.25) is 0 Å². The van der Waals surface area contributed by atoms with Crippen molar-refractivity contribution in [3.63, 3.8) is 0 Å². The van der Waals surface area contributed by atoms with Crippen molar-refractivity contribution in [2.75, 3.05) is 6.61 Å². The molecule has 3 heteroatoms. The van der Waals surface area contributed by atoms with Gasteiger partial charge in [0, 0.05) is 5.39 Å². The van der Waals surface area contributed by atoms with Crippen LogP contribution in [0.15, 0.2) is 30.3 Å². The highest BCUT2D eigenvalue weighted by Crippen LogP contribution is 2.26. The van der Waals surface area contributed by atoms with Crippen molar-refractivity contribution in [3.8, 4) is 5.75 Å². The minimum atomic E-state index is 0.251. The van der Waals surface area contributed by atoms with Gasteiger partial charge in [-0.1, -0.05) is 18.2 Å². The van der Waals surface area contributed by atoms with E-state index in [4.69, 9.17) is 9.47 Å². The van der Waals surface area contributed by atoms with Gasteiger partial charge in [0.15, 0.2) is 0 Å². The summed E-state index contributed by atoms with van der Waals surface area (Å²) in [5.74, 6) is 0.853. The topological polar surface area (TPSA) is 34.6 Å². The number of para-hydroxylation sites is 1. The maximum atomic E-state index is 5.75.